The Balaban J connectivity index is 1.58. The molecule has 0 radical (unpaired) electrons. The zero-order valence-electron chi connectivity index (χ0n) is 27.2. The van der Waals surface area contributed by atoms with Crippen molar-refractivity contribution in [3.63, 3.8) is 0 Å². The van der Waals surface area contributed by atoms with Crippen LogP contribution in [0.25, 0.3) is 22.0 Å². The van der Waals surface area contributed by atoms with Gasteiger partial charge in [0.05, 0.1) is 34.5 Å². The van der Waals surface area contributed by atoms with Gasteiger partial charge < -0.3 is 29.5 Å². The van der Waals surface area contributed by atoms with Crippen LogP contribution < -0.4 is 14.8 Å². The molecular weight excluding hydrogens is 613 g/mol. The summed E-state index contributed by atoms with van der Waals surface area (Å²) in [5.74, 6) is -0.712. The highest BCUT2D eigenvalue weighted by molar-refractivity contribution is 6.35. The standard InChI is InChI=1S/C34H43ClFN5O5/c1-6-44-29-25(26-23(36)8-7-9-24(26)42)22(35)18-21-27(29)38-31(45-20-10-16-40(5)17-11-20)39-28(21)30-34(12-14-37-15-13-34)19-41(30)32(43)46-33(2,3)4/h7-9,18,20,30,37,42H,6,10-17,19H2,1-5H3. The summed E-state index contributed by atoms with van der Waals surface area (Å²) in [6.45, 7) is 11.5. The second-order valence-corrected chi connectivity index (χ2v) is 14.1. The predicted molar refractivity (Wildman–Crippen MR) is 174 cm³/mol. The van der Waals surface area contributed by atoms with Gasteiger partial charge in [-0.3, -0.25) is 4.90 Å². The topological polar surface area (TPSA) is 109 Å². The van der Waals surface area contributed by atoms with Gasteiger partial charge in [0.2, 0.25) is 0 Å². The molecule has 2 N–H and O–H groups in total. The number of nitrogens with zero attached hydrogens (tertiary/aromatic N) is 4. The minimum absolute atomic E-state index is 0.0790. The number of likely N-dealkylation sites (tertiary alicyclic amines) is 2. The first-order valence-electron chi connectivity index (χ1n) is 16.1. The number of nitrogens with one attached hydrogen (secondary N) is 1. The predicted octanol–water partition coefficient (Wildman–Crippen LogP) is 6.33. The minimum atomic E-state index is -0.684. The molecule has 12 heteroatoms. The van der Waals surface area contributed by atoms with Crippen LogP contribution in [0.3, 0.4) is 0 Å². The molecule has 2 aromatic carbocycles. The van der Waals surface area contributed by atoms with Crippen LogP contribution in [0.15, 0.2) is 24.3 Å². The molecular formula is C34H43ClFN5O5. The molecule has 46 heavy (non-hydrogen) atoms. The second-order valence-electron chi connectivity index (χ2n) is 13.7. The number of carbonyl (C=O) groups is 1. The van der Waals surface area contributed by atoms with Crippen molar-refractivity contribution in [2.45, 2.75) is 71.1 Å². The summed E-state index contributed by atoms with van der Waals surface area (Å²) in [6, 6.07) is 5.49. The zero-order valence-corrected chi connectivity index (χ0v) is 27.9. The molecule has 1 aromatic heterocycles. The van der Waals surface area contributed by atoms with Crippen molar-refractivity contribution in [2.24, 2.45) is 5.41 Å². The fourth-order valence-electron chi connectivity index (χ4n) is 7.02. The summed E-state index contributed by atoms with van der Waals surface area (Å²) in [7, 11) is 2.08. The third-order valence-corrected chi connectivity index (χ3v) is 9.54. The van der Waals surface area contributed by atoms with Crippen LogP contribution in [0.2, 0.25) is 5.02 Å². The van der Waals surface area contributed by atoms with Crippen molar-refractivity contribution in [3.05, 3.63) is 40.8 Å². The molecule has 10 nitrogen and oxygen atoms in total. The van der Waals surface area contributed by atoms with Gasteiger partial charge in [0.1, 0.15) is 28.8 Å². The van der Waals surface area contributed by atoms with E-state index in [4.69, 9.17) is 35.8 Å². The first-order valence-corrected chi connectivity index (χ1v) is 16.5. The number of aromatic hydroxyl groups is 1. The van der Waals surface area contributed by atoms with Gasteiger partial charge in [0.15, 0.2) is 5.75 Å². The number of amides is 1. The monoisotopic (exact) mass is 655 g/mol. The molecule has 0 saturated carbocycles. The number of ether oxygens (including phenoxy) is 3. The number of phenols is 1. The first-order chi connectivity index (χ1) is 21.9. The maximum absolute atomic E-state index is 15.3. The lowest BCUT2D eigenvalue weighted by Crippen LogP contribution is -2.64. The number of aromatic nitrogens is 2. The highest BCUT2D eigenvalue weighted by Gasteiger charge is 2.57. The number of piperidine rings is 2. The van der Waals surface area contributed by atoms with Crippen molar-refractivity contribution < 1.29 is 28.5 Å². The fraction of sp³-hybridized carbons (Fsp3) is 0.559. The third kappa shape index (κ3) is 6.16. The molecule has 1 unspecified atom stereocenters. The highest BCUT2D eigenvalue weighted by Crippen LogP contribution is 2.56. The number of hydrogen-bond acceptors (Lipinski definition) is 9. The summed E-state index contributed by atoms with van der Waals surface area (Å²) >= 11 is 6.97. The Hall–Kier alpha value is -3.41. The van der Waals surface area contributed by atoms with Gasteiger partial charge in [-0.25, -0.2) is 9.18 Å². The van der Waals surface area contributed by atoms with Gasteiger partial charge in [-0.15, -0.1) is 0 Å². The lowest BCUT2D eigenvalue weighted by atomic mass is 9.64. The van der Waals surface area contributed by atoms with Crippen LogP contribution >= 0.6 is 11.6 Å². The van der Waals surface area contributed by atoms with E-state index in [0.29, 0.717) is 23.1 Å². The van der Waals surface area contributed by atoms with Crippen LogP contribution in [0.4, 0.5) is 9.18 Å². The Labute approximate surface area is 274 Å². The zero-order chi connectivity index (χ0) is 32.8. The average Bonchev–Trinajstić information content (AvgIpc) is 2.98. The Morgan fingerprint density at radius 1 is 1.17 bits per heavy atom. The molecule has 0 bridgehead atoms. The highest BCUT2D eigenvalue weighted by atomic mass is 35.5. The molecule has 6 rings (SSSR count). The number of benzene rings is 2. The van der Waals surface area contributed by atoms with E-state index in [-0.39, 0.29) is 51.8 Å². The van der Waals surface area contributed by atoms with Crippen molar-refractivity contribution >= 4 is 28.6 Å². The van der Waals surface area contributed by atoms with Gasteiger partial charge in [-0.05, 0) is 91.7 Å². The molecule has 3 fully saturated rings. The van der Waals surface area contributed by atoms with E-state index in [0.717, 1.165) is 51.9 Å². The maximum Gasteiger partial charge on any atom is 0.410 e. The Morgan fingerprint density at radius 3 is 2.54 bits per heavy atom. The van der Waals surface area contributed by atoms with E-state index in [9.17, 15) is 9.90 Å². The minimum Gasteiger partial charge on any atom is -0.507 e. The second kappa shape index (κ2) is 12.7. The van der Waals surface area contributed by atoms with Crippen molar-refractivity contribution in [1.29, 1.82) is 0 Å². The van der Waals surface area contributed by atoms with E-state index in [2.05, 4.69) is 17.3 Å². The summed E-state index contributed by atoms with van der Waals surface area (Å²) in [5, 5.41) is 15.0. The molecule has 4 heterocycles. The van der Waals surface area contributed by atoms with E-state index >= 15 is 4.39 Å². The van der Waals surface area contributed by atoms with Crippen LogP contribution in [-0.4, -0.2) is 89.1 Å². The van der Waals surface area contributed by atoms with Crippen LogP contribution in [0, 0.1) is 11.2 Å². The molecule has 3 aliphatic rings. The average molecular weight is 656 g/mol. The molecule has 1 amide bonds. The Morgan fingerprint density at radius 2 is 1.89 bits per heavy atom. The number of hydrogen-bond donors (Lipinski definition) is 2. The smallest absolute Gasteiger partial charge is 0.410 e. The van der Waals surface area contributed by atoms with Crippen molar-refractivity contribution in [1.82, 2.24) is 25.1 Å². The third-order valence-electron chi connectivity index (χ3n) is 9.24. The molecule has 3 aromatic rings. The molecule has 248 valence electrons. The van der Waals surface area contributed by atoms with Gasteiger partial charge in [0.25, 0.3) is 0 Å². The van der Waals surface area contributed by atoms with Crippen LogP contribution in [0.1, 0.15) is 65.1 Å². The van der Waals surface area contributed by atoms with Gasteiger partial charge in [0, 0.05) is 30.4 Å². The van der Waals surface area contributed by atoms with Gasteiger partial charge in [-0.2, -0.15) is 9.97 Å². The molecule has 1 atom stereocenters. The Bertz CT molecular complexity index is 1600. The normalized spacial score (nSPS) is 20.5. The molecule has 0 aliphatic carbocycles. The van der Waals surface area contributed by atoms with Crippen LogP contribution in [0.5, 0.6) is 17.5 Å². The molecule has 3 aliphatic heterocycles. The maximum atomic E-state index is 15.3. The van der Waals surface area contributed by atoms with Crippen molar-refractivity contribution in [2.75, 3.05) is 46.4 Å². The number of carbonyl (C=O) groups excluding carboxylic acids is 1. The van der Waals surface area contributed by atoms with Gasteiger partial charge in [-0.1, -0.05) is 17.7 Å². The SMILES string of the molecule is CCOc1c(-c2c(O)cccc2F)c(Cl)cc2c(C3N(C(=O)OC(C)(C)C)CC34CCNCC4)nc(OC3CCN(C)CC3)nc12. The number of fused-ring (bicyclic) bond motifs is 1. The van der Waals surface area contributed by atoms with Gasteiger partial charge >= 0.3 is 12.1 Å². The summed E-state index contributed by atoms with van der Waals surface area (Å²) in [4.78, 5) is 27.6. The summed E-state index contributed by atoms with van der Waals surface area (Å²) < 4.78 is 33.9. The molecule has 1 spiro atoms. The van der Waals surface area contributed by atoms with Crippen molar-refractivity contribution in [3.8, 4) is 28.6 Å². The molecule has 3 saturated heterocycles. The first kappa shape index (κ1) is 32.5. The summed E-state index contributed by atoms with van der Waals surface area (Å²) in [5.41, 5.74) is 0.127. The Kier molecular flexibility index (Phi) is 8.95. The number of halogens is 2. The van der Waals surface area contributed by atoms with E-state index in [1.54, 1.807) is 11.0 Å². The number of rotatable bonds is 6. The summed E-state index contributed by atoms with van der Waals surface area (Å²) in [6.07, 6.45) is 2.76. The van der Waals surface area contributed by atoms with E-state index < -0.39 is 23.6 Å². The lowest BCUT2D eigenvalue weighted by Gasteiger charge is -2.58. The quantitative estimate of drug-likeness (QED) is 0.315. The number of phenolic OH excluding ortho intramolecular Hbond substituents is 1. The van der Waals surface area contributed by atoms with E-state index in [1.165, 1.54) is 18.2 Å². The fourth-order valence-corrected chi connectivity index (χ4v) is 7.31. The van der Waals surface area contributed by atoms with E-state index in [1.807, 2.05) is 27.7 Å². The lowest BCUT2D eigenvalue weighted by molar-refractivity contribution is -0.0983. The largest absolute Gasteiger partial charge is 0.507 e. The van der Waals surface area contributed by atoms with Crippen LogP contribution in [-0.2, 0) is 4.74 Å².